The Morgan fingerprint density at radius 2 is 2.04 bits per heavy atom. The van der Waals surface area contributed by atoms with E-state index in [1.54, 1.807) is 12.4 Å². The van der Waals surface area contributed by atoms with Crippen molar-refractivity contribution in [1.29, 1.82) is 0 Å². The molecule has 0 aliphatic heterocycles. The maximum Gasteiger partial charge on any atom is 0.224 e. The van der Waals surface area contributed by atoms with Crippen molar-refractivity contribution in [1.82, 2.24) is 20.1 Å². The van der Waals surface area contributed by atoms with Gasteiger partial charge in [-0.15, -0.1) is 0 Å². The third kappa shape index (κ3) is 3.06. The van der Waals surface area contributed by atoms with Crippen molar-refractivity contribution in [3.63, 3.8) is 0 Å². The van der Waals surface area contributed by atoms with Gasteiger partial charge in [-0.2, -0.15) is 5.10 Å². The summed E-state index contributed by atoms with van der Waals surface area (Å²) in [6.07, 6.45) is 8.24. The van der Waals surface area contributed by atoms with Crippen molar-refractivity contribution < 1.29 is 4.79 Å². The summed E-state index contributed by atoms with van der Waals surface area (Å²) in [6, 6.07) is 13.9. The van der Waals surface area contributed by atoms with Gasteiger partial charge in [-0.3, -0.25) is 9.78 Å². The SMILES string of the molecule is O=C(NCc1cnn(-c2ccccc2)c1)C1CC1c1cccnc1. The van der Waals surface area contributed by atoms with Crippen molar-refractivity contribution >= 4 is 5.91 Å². The smallest absolute Gasteiger partial charge is 0.224 e. The summed E-state index contributed by atoms with van der Waals surface area (Å²) in [4.78, 5) is 16.4. The lowest BCUT2D eigenvalue weighted by atomic mass is 10.1. The molecule has 5 nitrogen and oxygen atoms in total. The Balaban J connectivity index is 1.33. The Morgan fingerprint density at radius 3 is 2.83 bits per heavy atom. The van der Waals surface area contributed by atoms with E-state index >= 15 is 0 Å². The minimum atomic E-state index is 0.0679. The van der Waals surface area contributed by atoms with Gasteiger partial charge in [0.25, 0.3) is 0 Å². The molecule has 1 aliphatic rings. The van der Waals surface area contributed by atoms with Crippen LogP contribution in [0.15, 0.2) is 67.3 Å². The average Bonchev–Trinajstić information content (AvgIpc) is 3.31. The monoisotopic (exact) mass is 318 g/mol. The highest BCUT2D eigenvalue weighted by Crippen LogP contribution is 2.47. The zero-order chi connectivity index (χ0) is 16.4. The fourth-order valence-electron chi connectivity index (χ4n) is 2.94. The van der Waals surface area contributed by atoms with Crippen LogP contribution in [0.1, 0.15) is 23.5 Å². The largest absolute Gasteiger partial charge is 0.352 e. The second kappa shape index (κ2) is 6.28. The van der Waals surface area contributed by atoms with Crippen LogP contribution in [-0.4, -0.2) is 20.7 Å². The topological polar surface area (TPSA) is 59.8 Å². The van der Waals surface area contributed by atoms with Gasteiger partial charge in [-0.1, -0.05) is 24.3 Å². The molecule has 2 atom stereocenters. The van der Waals surface area contributed by atoms with Crippen LogP contribution in [0, 0.1) is 5.92 Å². The number of nitrogens with one attached hydrogen (secondary N) is 1. The molecule has 1 fully saturated rings. The number of carbonyl (C=O) groups excluding carboxylic acids is 1. The number of rotatable bonds is 5. The Hall–Kier alpha value is -2.95. The van der Waals surface area contributed by atoms with Gasteiger partial charge in [-0.25, -0.2) is 4.68 Å². The van der Waals surface area contributed by atoms with Crippen molar-refractivity contribution in [3.8, 4) is 5.69 Å². The van der Waals surface area contributed by atoms with E-state index in [0.717, 1.165) is 23.2 Å². The van der Waals surface area contributed by atoms with E-state index in [1.807, 2.05) is 59.5 Å². The first kappa shape index (κ1) is 14.6. The van der Waals surface area contributed by atoms with E-state index in [9.17, 15) is 4.79 Å². The molecule has 2 unspecified atom stereocenters. The number of benzene rings is 1. The molecule has 0 radical (unpaired) electrons. The van der Waals surface area contributed by atoms with Crippen molar-refractivity contribution in [2.24, 2.45) is 5.92 Å². The maximum atomic E-state index is 12.3. The number of aromatic nitrogens is 3. The van der Waals surface area contributed by atoms with Gasteiger partial charge in [0.15, 0.2) is 0 Å². The molecule has 4 rings (SSSR count). The van der Waals surface area contributed by atoms with E-state index in [0.29, 0.717) is 12.5 Å². The molecular formula is C19H18N4O. The van der Waals surface area contributed by atoms with Gasteiger partial charge in [0.1, 0.15) is 0 Å². The molecule has 0 bridgehead atoms. The third-order valence-corrected chi connectivity index (χ3v) is 4.36. The lowest BCUT2D eigenvalue weighted by Crippen LogP contribution is -2.24. The molecule has 0 saturated heterocycles. The molecule has 2 aromatic heterocycles. The molecule has 24 heavy (non-hydrogen) atoms. The molecular weight excluding hydrogens is 300 g/mol. The van der Waals surface area contributed by atoms with Gasteiger partial charge in [0, 0.05) is 36.6 Å². The van der Waals surface area contributed by atoms with Gasteiger partial charge in [0.2, 0.25) is 5.91 Å². The molecule has 1 aromatic carbocycles. The number of nitrogens with zero attached hydrogens (tertiary/aromatic N) is 3. The third-order valence-electron chi connectivity index (χ3n) is 4.36. The Kier molecular flexibility index (Phi) is 3.83. The highest BCUT2D eigenvalue weighted by molar-refractivity contribution is 5.82. The fraction of sp³-hybridized carbons (Fsp3) is 0.211. The molecule has 120 valence electrons. The predicted molar refractivity (Wildman–Crippen MR) is 90.5 cm³/mol. The first-order valence-electron chi connectivity index (χ1n) is 8.08. The van der Waals surface area contributed by atoms with Gasteiger partial charge in [-0.05, 0) is 36.1 Å². The molecule has 3 aromatic rings. The number of pyridine rings is 1. The quantitative estimate of drug-likeness (QED) is 0.787. The number of amides is 1. The Bertz CT molecular complexity index is 829. The summed E-state index contributed by atoms with van der Waals surface area (Å²) in [5, 5.41) is 7.36. The van der Waals surface area contributed by atoms with Gasteiger partial charge in [0.05, 0.1) is 11.9 Å². The standard InChI is InChI=1S/C19H18N4O/c24-19(18-9-17(18)15-5-4-8-20-12-15)21-10-14-11-22-23(13-14)16-6-2-1-3-7-16/h1-8,11-13,17-18H,9-10H2,(H,21,24). The van der Waals surface area contributed by atoms with Crippen molar-refractivity contribution in [3.05, 3.63) is 78.4 Å². The number of para-hydroxylation sites is 1. The van der Waals surface area contributed by atoms with Crippen molar-refractivity contribution in [2.45, 2.75) is 18.9 Å². The molecule has 0 spiro atoms. The average molecular weight is 318 g/mol. The van der Waals surface area contributed by atoms with Gasteiger partial charge >= 0.3 is 0 Å². The lowest BCUT2D eigenvalue weighted by molar-refractivity contribution is -0.122. The van der Waals surface area contributed by atoms with Crippen LogP contribution < -0.4 is 5.32 Å². The normalized spacial score (nSPS) is 19.0. The van der Waals surface area contributed by atoms with E-state index in [1.165, 1.54) is 0 Å². The van der Waals surface area contributed by atoms with Gasteiger partial charge < -0.3 is 5.32 Å². The Labute approximate surface area is 140 Å². The molecule has 5 heteroatoms. The van der Waals surface area contributed by atoms with E-state index in [-0.39, 0.29) is 11.8 Å². The molecule has 1 amide bonds. The van der Waals surface area contributed by atoms with Crippen LogP contribution in [0.25, 0.3) is 5.69 Å². The molecule has 1 N–H and O–H groups in total. The minimum Gasteiger partial charge on any atom is -0.352 e. The molecule has 2 heterocycles. The summed E-state index contributed by atoms with van der Waals surface area (Å²) < 4.78 is 1.82. The first-order chi connectivity index (χ1) is 11.8. The molecule has 1 aliphatic carbocycles. The summed E-state index contributed by atoms with van der Waals surface area (Å²) >= 11 is 0. The lowest BCUT2D eigenvalue weighted by Gasteiger charge is -2.03. The summed E-state index contributed by atoms with van der Waals surface area (Å²) in [5.74, 6) is 0.487. The maximum absolute atomic E-state index is 12.3. The number of hydrogen-bond acceptors (Lipinski definition) is 3. The van der Waals surface area contributed by atoms with Crippen LogP contribution in [0.5, 0.6) is 0 Å². The number of carbonyl (C=O) groups is 1. The van der Waals surface area contributed by atoms with Crippen LogP contribution in [0.3, 0.4) is 0 Å². The van der Waals surface area contributed by atoms with Crippen LogP contribution >= 0.6 is 0 Å². The second-order valence-corrected chi connectivity index (χ2v) is 6.08. The summed E-state index contributed by atoms with van der Waals surface area (Å²) in [7, 11) is 0. The number of hydrogen-bond donors (Lipinski definition) is 1. The predicted octanol–water partition coefficient (Wildman–Crippen LogP) is 2.69. The fourth-order valence-corrected chi connectivity index (χ4v) is 2.94. The minimum absolute atomic E-state index is 0.0679. The highest BCUT2D eigenvalue weighted by Gasteiger charge is 2.43. The first-order valence-corrected chi connectivity index (χ1v) is 8.08. The molecule has 1 saturated carbocycles. The summed E-state index contributed by atoms with van der Waals surface area (Å²) in [5.41, 5.74) is 3.15. The zero-order valence-electron chi connectivity index (χ0n) is 13.2. The van der Waals surface area contributed by atoms with Crippen LogP contribution in [0.4, 0.5) is 0 Å². The van der Waals surface area contributed by atoms with E-state index < -0.39 is 0 Å². The Morgan fingerprint density at radius 1 is 1.17 bits per heavy atom. The summed E-state index contributed by atoms with van der Waals surface area (Å²) in [6.45, 7) is 0.502. The zero-order valence-corrected chi connectivity index (χ0v) is 13.2. The van der Waals surface area contributed by atoms with Crippen LogP contribution in [0.2, 0.25) is 0 Å². The van der Waals surface area contributed by atoms with E-state index in [4.69, 9.17) is 0 Å². The van der Waals surface area contributed by atoms with Crippen LogP contribution in [-0.2, 0) is 11.3 Å². The highest BCUT2D eigenvalue weighted by atomic mass is 16.2. The second-order valence-electron chi connectivity index (χ2n) is 6.08. The van der Waals surface area contributed by atoms with E-state index in [2.05, 4.69) is 15.4 Å². The van der Waals surface area contributed by atoms with Crippen molar-refractivity contribution in [2.75, 3.05) is 0 Å².